The molecule has 4 N–H and O–H groups in total. The van der Waals surface area contributed by atoms with Crippen LogP contribution >= 0.6 is 0 Å². The van der Waals surface area contributed by atoms with Gasteiger partial charge in [-0.05, 0) is 52.8 Å². The molecule has 0 heterocycles. The highest BCUT2D eigenvalue weighted by molar-refractivity contribution is 5.99. The van der Waals surface area contributed by atoms with Gasteiger partial charge in [0, 0.05) is 13.0 Å². The van der Waals surface area contributed by atoms with Gasteiger partial charge in [-0.2, -0.15) is 0 Å². The van der Waals surface area contributed by atoms with Gasteiger partial charge in [0.2, 0.25) is 11.8 Å². The fraction of sp³-hybridized carbons (Fsp3) is 0.462. The lowest BCUT2D eigenvalue weighted by Gasteiger charge is -2.24. The van der Waals surface area contributed by atoms with Crippen molar-refractivity contribution in [1.29, 1.82) is 0 Å². The van der Waals surface area contributed by atoms with Crippen LogP contribution < -0.4 is 20.7 Å². The molecule has 13 nitrogen and oxygen atoms in total. The van der Waals surface area contributed by atoms with E-state index in [4.69, 9.17) is 28.4 Å². The minimum absolute atomic E-state index is 0.108. The molecule has 0 aliphatic heterocycles. The van der Waals surface area contributed by atoms with Crippen molar-refractivity contribution < 1.29 is 47.9 Å². The van der Waals surface area contributed by atoms with Crippen LogP contribution in [0.4, 0.5) is 10.5 Å². The highest BCUT2D eigenvalue weighted by Crippen LogP contribution is 2.44. The molecule has 0 saturated heterocycles. The Morgan fingerprint density at radius 3 is 1.88 bits per heavy atom. The smallest absolute Gasteiger partial charge is 0.407 e. The lowest BCUT2D eigenvalue weighted by Crippen LogP contribution is -2.53. The van der Waals surface area contributed by atoms with E-state index in [0.717, 1.165) is 22.3 Å². The van der Waals surface area contributed by atoms with Crippen LogP contribution in [0, 0.1) is 5.92 Å². The molecular formula is C39H51N3O10. The molecule has 3 aromatic rings. The molecule has 0 saturated carbocycles. The number of aliphatic hydroxyl groups excluding tert-OH is 1. The number of nitrogens with one attached hydrogen (secondary N) is 3. The maximum atomic E-state index is 13.3. The van der Waals surface area contributed by atoms with E-state index < -0.39 is 30.0 Å². The highest BCUT2D eigenvalue weighted by atomic mass is 16.6. The van der Waals surface area contributed by atoms with Crippen LogP contribution in [0.2, 0.25) is 0 Å². The summed E-state index contributed by atoms with van der Waals surface area (Å²) in [6.45, 7) is 8.22. The zero-order chi connectivity index (χ0) is 37.3. The van der Waals surface area contributed by atoms with Gasteiger partial charge in [-0.1, -0.05) is 68.4 Å². The van der Waals surface area contributed by atoms with Crippen LogP contribution in [0.15, 0.2) is 66.7 Å². The summed E-state index contributed by atoms with van der Waals surface area (Å²) in [5.41, 5.74) is 5.35. The van der Waals surface area contributed by atoms with E-state index in [2.05, 4.69) is 28.1 Å². The van der Waals surface area contributed by atoms with Crippen LogP contribution in [0.5, 0.6) is 5.75 Å². The molecule has 4 rings (SSSR count). The number of hydrogen-bond acceptors (Lipinski definition) is 10. The highest BCUT2D eigenvalue weighted by Gasteiger charge is 2.31. The minimum atomic E-state index is -0.961. The second kappa shape index (κ2) is 21.1. The van der Waals surface area contributed by atoms with Gasteiger partial charge < -0.3 is 49.5 Å². The van der Waals surface area contributed by atoms with E-state index in [0.29, 0.717) is 56.6 Å². The molecule has 3 aromatic carbocycles. The summed E-state index contributed by atoms with van der Waals surface area (Å²) in [4.78, 5) is 39.5. The molecular weight excluding hydrogens is 670 g/mol. The van der Waals surface area contributed by atoms with Crippen LogP contribution in [-0.4, -0.2) is 102 Å². The Hall–Kier alpha value is -4.53. The van der Waals surface area contributed by atoms with Gasteiger partial charge in [0.1, 0.15) is 31.0 Å². The van der Waals surface area contributed by atoms with Gasteiger partial charge in [-0.3, -0.25) is 9.59 Å². The number of rotatable bonds is 22. The number of carbonyl (C=O) groups is 3. The number of carbonyl (C=O) groups excluding carboxylic acids is 3. The quantitative estimate of drug-likeness (QED) is 0.110. The van der Waals surface area contributed by atoms with Crippen molar-refractivity contribution >= 4 is 23.6 Å². The van der Waals surface area contributed by atoms with Gasteiger partial charge in [-0.15, -0.1) is 0 Å². The van der Waals surface area contributed by atoms with E-state index in [1.165, 1.54) is 0 Å². The Morgan fingerprint density at radius 2 is 1.31 bits per heavy atom. The molecule has 0 bridgehead atoms. The standard InChI is InChI=1S/C39H51N3O10/c1-26(2)36(42-39(46)52-25-33-31-11-7-5-9-29(31)30-10-6-8-12-32(30)33)38(45)40-27(3)37(44)41-34-14-13-28(24-43)23-35(34)51-22-21-50-20-19-49-18-17-48-16-15-47-4/h5-14,23,26-27,33,36,43H,15-22,24-25H2,1-4H3,(H,40,45)(H,41,44)(H,42,46)/t27-,36-/m0/s1. The zero-order valence-electron chi connectivity index (χ0n) is 30.4. The third-order valence-corrected chi connectivity index (χ3v) is 8.47. The molecule has 0 fully saturated rings. The zero-order valence-corrected chi connectivity index (χ0v) is 30.4. The lowest BCUT2D eigenvalue weighted by atomic mass is 9.98. The average Bonchev–Trinajstić information content (AvgIpc) is 3.47. The molecule has 1 aliphatic rings. The van der Waals surface area contributed by atoms with Crippen molar-refractivity contribution in [2.24, 2.45) is 5.92 Å². The fourth-order valence-electron chi connectivity index (χ4n) is 5.69. The molecule has 3 amide bonds. The van der Waals surface area contributed by atoms with Gasteiger partial charge in [0.05, 0.1) is 58.5 Å². The number of aliphatic hydroxyl groups is 1. The Kier molecular flexibility index (Phi) is 16.3. The number of fused-ring (bicyclic) bond motifs is 3. The van der Waals surface area contributed by atoms with Gasteiger partial charge in [0.15, 0.2) is 0 Å². The first kappa shape index (κ1) is 40.2. The van der Waals surface area contributed by atoms with E-state index in [9.17, 15) is 19.5 Å². The average molecular weight is 722 g/mol. The van der Waals surface area contributed by atoms with Crippen LogP contribution in [-0.2, 0) is 39.9 Å². The Balaban J connectivity index is 1.23. The maximum absolute atomic E-state index is 13.3. The Labute approximate surface area is 305 Å². The molecule has 282 valence electrons. The van der Waals surface area contributed by atoms with Crippen molar-refractivity contribution in [3.05, 3.63) is 83.4 Å². The number of alkyl carbamates (subject to hydrolysis) is 1. The number of anilines is 1. The second-order valence-corrected chi connectivity index (χ2v) is 12.6. The first-order valence-electron chi connectivity index (χ1n) is 17.5. The summed E-state index contributed by atoms with van der Waals surface area (Å²) in [6.07, 6.45) is -0.724. The molecule has 0 radical (unpaired) electrons. The predicted molar refractivity (Wildman–Crippen MR) is 195 cm³/mol. The van der Waals surface area contributed by atoms with E-state index >= 15 is 0 Å². The number of methoxy groups -OCH3 is 1. The summed E-state index contributed by atoms with van der Waals surface area (Å²) in [6, 6.07) is 19.1. The van der Waals surface area contributed by atoms with Gasteiger partial charge in [0.25, 0.3) is 0 Å². The number of ether oxygens (including phenoxy) is 6. The van der Waals surface area contributed by atoms with Crippen LogP contribution in [0.1, 0.15) is 43.4 Å². The van der Waals surface area contributed by atoms with Gasteiger partial charge >= 0.3 is 6.09 Å². The summed E-state index contributed by atoms with van der Waals surface area (Å²) in [5.74, 6) is -1.11. The van der Waals surface area contributed by atoms with Crippen LogP contribution in [0.3, 0.4) is 0 Å². The first-order valence-corrected chi connectivity index (χ1v) is 17.5. The van der Waals surface area contributed by atoms with E-state index in [-0.39, 0.29) is 38.3 Å². The fourth-order valence-corrected chi connectivity index (χ4v) is 5.69. The molecule has 1 aliphatic carbocycles. The lowest BCUT2D eigenvalue weighted by molar-refractivity contribution is -0.128. The van der Waals surface area contributed by atoms with Crippen molar-refractivity contribution in [2.45, 2.75) is 45.4 Å². The third kappa shape index (κ3) is 11.8. The Bertz CT molecular complexity index is 1550. The molecule has 0 spiro atoms. The number of hydrogen-bond donors (Lipinski definition) is 4. The molecule has 2 atom stereocenters. The molecule has 0 aromatic heterocycles. The largest absolute Gasteiger partial charge is 0.489 e. The van der Waals surface area contributed by atoms with E-state index in [1.54, 1.807) is 46.1 Å². The number of benzene rings is 3. The van der Waals surface area contributed by atoms with Crippen molar-refractivity contribution in [3.8, 4) is 16.9 Å². The monoisotopic (exact) mass is 721 g/mol. The van der Waals surface area contributed by atoms with Gasteiger partial charge in [-0.25, -0.2) is 4.79 Å². The van der Waals surface area contributed by atoms with Crippen molar-refractivity contribution in [2.75, 3.05) is 71.9 Å². The summed E-state index contributed by atoms with van der Waals surface area (Å²) in [7, 11) is 1.62. The van der Waals surface area contributed by atoms with Crippen LogP contribution in [0.25, 0.3) is 11.1 Å². The predicted octanol–water partition coefficient (Wildman–Crippen LogP) is 4.26. The summed E-state index contributed by atoms with van der Waals surface area (Å²) in [5, 5.41) is 17.8. The normalized spacial score (nSPS) is 13.2. The maximum Gasteiger partial charge on any atom is 0.407 e. The molecule has 52 heavy (non-hydrogen) atoms. The SMILES string of the molecule is COCCOCCOCCOCCOc1cc(CO)ccc1NC(=O)[C@H](C)NC(=O)[C@@H](NC(=O)OCC1c2ccccc2-c2ccccc21)C(C)C. The van der Waals surface area contributed by atoms with Crippen molar-refractivity contribution in [1.82, 2.24) is 10.6 Å². The first-order chi connectivity index (χ1) is 25.2. The Morgan fingerprint density at radius 1 is 0.731 bits per heavy atom. The third-order valence-electron chi connectivity index (χ3n) is 8.47. The molecule has 0 unspecified atom stereocenters. The molecule has 13 heteroatoms. The summed E-state index contributed by atoms with van der Waals surface area (Å²) >= 11 is 0. The number of amides is 3. The van der Waals surface area contributed by atoms with E-state index in [1.807, 2.05) is 36.4 Å². The second-order valence-electron chi connectivity index (χ2n) is 12.6. The van der Waals surface area contributed by atoms with Crippen molar-refractivity contribution in [3.63, 3.8) is 0 Å². The minimum Gasteiger partial charge on any atom is -0.489 e. The topological polar surface area (TPSA) is 163 Å². The summed E-state index contributed by atoms with van der Waals surface area (Å²) < 4.78 is 32.8.